The number of rotatable bonds is 4. The summed E-state index contributed by atoms with van der Waals surface area (Å²) in [5.74, 6) is -0.286. The number of nitrogens with one attached hydrogen (secondary N) is 2. The van der Waals surface area contributed by atoms with Gasteiger partial charge in [-0.1, -0.05) is 41.4 Å². The van der Waals surface area contributed by atoms with Gasteiger partial charge in [0.05, 0.1) is 5.02 Å². The van der Waals surface area contributed by atoms with Crippen molar-refractivity contribution in [3.63, 3.8) is 0 Å². The summed E-state index contributed by atoms with van der Waals surface area (Å²) in [5, 5.41) is 5.48. The van der Waals surface area contributed by atoms with Crippen molar-refractivity contribution in [1.82, 2.24) is 5.32 Å². The molecule has 2 aromatic carbocycles. The van der Waals surface area contributed by atoms with E-state index in [-0.39, 0.29) is 5.02 Å². The fourth-order valence-electron chi connectivity index (χ4n) is 1.71. The van der Waals surface area contributed by atoms with Gasteiger partial charge in [0, 0.05) is 10.7 Å². The Labute approximate surface area is 143 Å². The molecule has 3 amide bonds. The number of hydrogen-bond donors (Lipinski definition) is 2. The van der Waals surface area contributed by atoms with E-state index in [1.807, 2.05) is 6.07 Å². The van der Waals surface area contributed by atoms with E-state index in [4.69, 9.17) is 27.9 Å². The molecule has 0 spiro atoms. The van der Waals surface area contributed by atoms with Crippen LogP contribution in [0.2, 0.25) is 10.0 Å². The minimum absolute atomic E-state index is 0.283. The van der Waals surface area contributed by atoms with Crippen molar-refractivity contribution in [2.75, 3.05) is 5.32 Å². The topological polar surface area (TPSA) is 67.4 Å². The van der Waals surface area contributed by atoms with Gasteiger partial charge in [-0.05, 0) is 37.3 Å². The van der Waals surface area contributed by atoms with Gasteiger partial charge in [-0.3, -0.25) is 10.1 Å². The van der Waals surface area contributed by atoms with E-state index in [1.54, 1.807) is 36.4 Å². The van der Waals surface area contributed by atoms with Crippen LogP contribution in [0.15, 0.2) is 48.5 Å². The van der Waals surface area contributed by atoms with Crippen molar-refractivity contribution < 1.29 is 14.3 Å². The quantitative estimate of drug-likeness (QED) is 0.869. The molecule has 0 bridgehead atoms. The molecule has 1 atom stereocenters. The Morgan fingerprint density at radius 1 is 1.09 bits per heavy atom. The van der Waals surface area contributed by atoms with Gasteiger partial charge in [0.25, 0.3) is 5.91 Å². The maximum atomic E-state index is 12.0. The molecule has 0 aliphatic carbocycles. The third-order valence-electron chi connectivity index (χ3n) is 2.84. The SMILES string of the molecule is CC(Oc1ccc(Cl)cc1Cl)C(=O)NC(=O)Nc1ccccc1. The first-order valence-corrected chi connectivity index (χ1v) is 7.50. The van der Waals surface area contributed by atoms with Crippen LogP contribution in [0.25, 0.3) is 0 Å². The molecule has 1 unspecified atom stereocenters. The molecule has 0 saturated heterocycles. The van der Waals surface area contributed by atoms with Gasteiger partial charge in [0.15, 0.2) is 6.10 Å². The van der Waals surface area contributed by atoms with Crippen LogP contribution in [0.1, 0.15) is 6.92 Å². The van der Waals surface area contributed by atoms with Crippen molar-refractivity contribution >= 4 is 40.8 Å². The second-order valence-electron chi connectivity index (χ2n) is 4.64. The summed E-state index contributed by atoms with van der Waals surface area (Å²) in [4.78, 5) is 23.7. The summed E-state index contributed by atoms with van der Waals surface area (Å²) in [6.07, 6.45) is -0.907. The van der Waals surface area contributed by atoms with E-state index < -0.39 is 18.0 Å². The van der Waals surface area contributed by atoms with Crippen LogP contribution in [0.3, 0.4) is 0 Å². The van der Waals surface area contributed by atoms with E-state index in [1.165, 1.54) is 13.0 Å². The first-order valence-electron chi connectivity index (χ1n) is 6.74. The highest BCUT2D eigenvalue weighted by Gasteiger charge is 2.18. The molecule has 2 rings (SSSR count). The van der Waals surface area contributed by atoms with Gasteiger partial charge in [0.2, 0.25) is 0 Å². The molecule has 0 fully saturated rings. The number of hydrogen-bond acceptors (Lipinski definition) is 3. The highest BCUT2D eigenvalue weighted by Crippen LogP contribution is 2.28. The van der Waals surface area contributed by atoms with Gasteiger partial charge in [-0.2, -0.15) is 0 Å². The molecule has 0 aliphatic heterocycles. The Balaban J connectivity index is 1.90. The summed E-state index contributed by atoms with van der Waals surface area (Å²) in [5.41, 5.74) is 0.576. The molecular weight excluding hydrogens is 339 g/mol. The van der Waals surface area contributed by atoms with Gasteiger partial charge >= 0.3 is 6.03 Å². The first kappa shape index (κ1) is 17.1. The predicted octanol–water partition coefficient (Wildman–Crippen LogP) is 4.11. The van der Waals surface area contributed by atoms with Gasteiger partial charge in [0.1, 0.15) is 5.75 Å². The van der Waals surface area contributed by atoms with E-state index in [0.717, 1.165) is 0 Å². The summed E-state index contributed by atoms with van der Waals surface area (Å²) < 4.78 is 5.43. The second kappa shape index (κ2) is 7.85. The van der Waals surface area contributed by atoms with Crippen molar-refractivity contribution in [1.29, 1.82) is 0 Å². The minimum Gasteiger partial charge on any atom is -0.479 e. The molecule has 23 heavy (non-hydrogen) atoms. The largest absolute Gasteiger partial charge is 0.479 e. The van der Waals surface area contributed by atoms with E-state index in [9.17, 15) is 9.59 Å². The number of anilines is 1. The molecule has 2 N–H and O–H groups in total. The molecule has 0 heterocycles. The lowest BCUT2D eigenvalue weighted by molar-refractivity contribution is -0.126. The molecule has 5 nitrogen and oxygen atoms in total. The van der Waals surface area contributed by atoms with Crippen LogP contribution in [0.4, 0.5) is 10.5 Å². The Morgan fingerprint density at radius 3 is 2.43 bits per heavy atom. The van der Waals surface area contributed by atoms with E-state index >= 15 is 0 Å². The molecule has 7 heteroatoms. The number of benzene rings is 2. The van der Waals surface area contributed by atoms with Crippen molar-refractivity contribution in [2.45, 2.75) is 13.0 Å². The molecular formula is C16H14Cl2N2O3. The van der Waals surface area contributed by atoms with Crippen molar-refractivity contribution in [3.8, 4) is 5.75 Å². The summed E-state index contributed by atoms with van der Waals surface area (Å²) in [6, 6.07) is 12.8. The fourth-order valence-corrected chi connectivity index (χ4v) is 2.17. The number of para-hydroxylation sites is 1. The van der Waals surface area contributed by atoms with Gasteiger partial charge in [-0.15, -0.1) is 0 Å². The van der Waals surface area contributed by atoms with E-state index in [0.29, 0.717) is 16.5 Å². The monoisotopic (exact) mass is 352 g/mol. The van der Waals surface area contributed by atoms with Crippen LogP contribution in [0.5, 0.6) is 5.75 Å². The highest BCUT2D eigenvalue weighted by atomic mass is 35.5. The standard InChI is InChI=1S/C16H14Cl2N2O3/c1-10(23-14-8-7-11(17)9-13(14)18)15(21)20-16(22)19-12-5-3-2-4-6-12/h2-10H,1H3,(H2,19,20,21,22). The third kappa shape index (κ3) is 5.16. The molecule has 0 saturated carbocycles. The number of carbonyl (C=O) groups is 2. The Hall–Kier alpha value is -2.24. The smallest absolute Gasteiger partial charge is 0.325 e. The number of amides is 3. The molecule has 0 radical (unpaired) electrons. The Kier molecular flexibility index (Phi) is 5.84. The maximum Gasteiger partial charge on any atom is 0.325 e. The van der Waals surface area contributed by atoms with Crippen LogP contribution in [0, 0.1) is 0 Å². The Bertz CT molecular complexity index is 708. The van der Waals surface area contributed by atoms with Gasteiger partial charge < -0.3 is 10.1 Å². The average Bonchev–Trinajstić information content (AvgIpc) is 2.50. The van der Waals surface area contributed by atoms with Crippen LogP contribution < -0.4 is 15.4 Å². The van der Waals surface area contributed by atoms with Gasteiger partial charge in [-0.25, -0.2) is 4.79 Å². The number of ether oxygens (including phenoxy) is 1. The average molecular weight is 353 g/mol. The summed E-state index contributed by atoms with van der Waals surface area (Å²) in [6.45, 7) is 1.51. The first-order chi connectivity index (χ1) is 11.0. The molecule has 2 aromatic rings. The Morgan fingerprint density at radius 2 is 1.78 bits per heavy atom. The lowest BCUT2D eigenvalue weighted by Gasteiger charge is -2.15. The van der Waals surface area contributed by atoms with Crippen molar-refractivity contribution in [2.24, 2.45) is 0 Å². The molecule has 0 aromatic heterocycles. The van der Waals surface area contributed by atoms with Crippen LogP contribution in [-0.4, -0.2) is 18.0 Å². The van der Waals surface area contributed by atoms with Crippen molar-refractivity contribution in [3.05, 3.63) is 58.6 Å². The number of halogens is 2. The zero-order chi connectivity index (χ0) is 16.8. The summed E-state index contributed by atoms with van der Waals surface area (Å²) in [7, 11) is 0. The highest BCUT2D eigenvalue weighted by molar-refractivity contribution is 6.35. The maximum absolute atomic E-state index is 12.0. The third-order valence-corrected chi connectivity index (χ3v) is 3.37. The zero-order valence-electron chi connectivity index (χ0n) is 12.2. The lowest BCUT2D eigenvalue weighted by Crippen LogP contribution is -2.42. The number of urea groups is 1. The molecule has 120 valence electrons. The lowest BCUT2D eigenvalue weighted by atomic mass is 10.3. The van der Waals surface area contributed by atoms with Crippen LogP contribution in [-0.2, 0) is 4.79 Å². The zero-order valence-corrected chi connectivity index (χ0v) is 13.7. The second-order valence-corrected chi connectivity index (χ2v) is 5.49. The predicted molar refractivity (Wildman–Crippen MR) is 90.2 cm³/mol. The normalized spacial score (nSPS) is 11.4. The van der Waals surface area contributed by atoms with E-state index in [2.05, 4.69) is 10.6 Å². The van der Waals surface area contributed by atoms with Crippen LogP contribution >= 0.6 is 23.2 Å². The summed E-state index contributed by atoms with van der Waals surface area (Å²) >= 11 is 11.8. The fraction of sp³-hybridized carbons (Fsp3) is 0.125. The molecule has 0 aliphatic rings. The number of imide groups is 1. The number of carbonyl (C=O) groups excluding carboxylic acids is 2. The minimum atomic E-state index is -0.907.